The van der Waals surface area contributed by atoms with Crippen molar-refractivity contribution in [2.75, 3.05) is 11.9 Å². The summed E-state index contributed by atoms with van der Waals surface area (Å²) in [6.07, 6.45) is 3.72. The summed E-state index contributed by atoms with van der Waals surface area (Å²) < 4.78 is 14.0. The predicted octanol–water partition coefficient (Wildman–Crippen LogP) is 3.55. The second-order valence-corrected chi connectivity index (χ2v) is 9.26. The molecule has 4 nitrogen and oxygen atoms in total. The molecule has 5 heteroatoms. The molecule has 1 unspecified atom stereocenters. The number of aliphatic hydroxyl groups is 1. The Balaban J connectivity index is 1.53. The van der Waals surface area contributed by atoms with Crippen LogP contribution in [0.25, 0.3) is 0 Å². The molecule has 1 heterocycles. The number of benzene rings is 1. The summed E-state index contributed by atoms with van der Waals surface area (Å²) in [5.74, 6) is 0.169. The van der Waals surface area contributed by atoms with Gasteiger partial charge in [0.05, 0.1) is 5.60 Å². The van der Waals surface area contributed by atoms with Crippen LogP contribution in [0.1, 0.15) is 57.6 Å². The molecule has 3 N–H and O–H groups in total. The van der Waals surface area contributed by atoms with Crippen molar-refractivity contribution in [1.82, 2.24) is 5.32 Å². The number of hydrogen-bond acceptors (Lipinski definition) is 3. The van der Waals surface area contributed by atoms with Gasteiger partial charge in [-0.15, -0.1) is 0 Å². The fraction of sp³-hybridized carbons (Fsp3) is 0.667. The zero-order chi connectivity index (χ0) is 19.1. The first-order valence-corrected chi connectivity index (χ1v) is 9.63. The number of hydrogen-bond donors (Lipinski definition) is 3. The number of nitrogens with one attached hydrogen (secondary N) is 2. The van der Waals surface area contributed by atoms with Gasteiger partial charge in [-0.3, -0.25) is 4.79 Å². The molecule has 26 heavy (non-hydrogen) atoms. The number of halogens is 1. The lowest BCUT2D eigenvalue weighted by Crippen LogP contribution is -2.49. The summed E-state index contributed by atoms with van der Waals surface area (Å²) in [5.41, 5.74) is 1.53. The van der Waals surface area contributed by atoms with Crippen LogP contribution in [0.3, 0.4) is 0 Å². The molecule has 0 saturated heterocycles. The van der Waals surface area contributed by atoms with Gasteiger partial charge in [0.15, 0.2) is 0 Å². The molecule has 1 saturated carbocycles. The lowest BCUT2D eigenvalue weighted by Gasteiger charge is -2.41. The molecule has 1 fully saturated rings. The van der Waals surface area contributed by atoms with Gasteiger partial charge in [-0.05, 0) is 61.6 Å². The van der Waals surface area contributed by atoms with E-state index in [9.17, 15) is 14.3 Å². The fourth-order valence-corrected chi connectivity index (χ4v) is 4.28. The van der Waals surface area contributed by atoms with Gasteiger partial charge in [-0.1, -0.05) is 20.8 Å². The van der Waals surface area contributed by atoms with E-state index in [-0.39, 0.29) is 23.7 Å². The van der Waals surface area contributed by atoms with E-state index in [0.717, 1.165) is 18.4 Å². The number of carbonyl (C=O) groups excluding carboxylic acids is 1. The van der Waals surface area contributed by atoms with E-state index < -0.39 is 11.6 Å². The molecule has 0 radical (unpaired) electrons. The van der Waals surface area contributed by atoms with Gasteiger partial charge in [0.2, 0.25) is 5.91 Å². The molecular formula is C21H31FN2O2. The van der Waals surface area contributed by atoms with Crippen molar-refractivity contribution in [2.24, 2.45) is 11.3 Å². The van der Waals surface area contributed by atoms with Crippen LogP contribution >= 0.6 is 0 Å². The molecule has 1 amide bonds. The first-order valence-electron chi connectivity index (χ1n) is 9.63. The number of carbonyl (C=O) groups is 1. The van der Waals surface area contributed by atoms with E-state index in [1.165, 1.54) is 6.07 Å². The smallest absolute Gasteiger partial charge is 0.242 e. The Kier molecular flexibility index (Phi) is 5.04. The Hall–Kier alpha value is -1.62. The van der Waals surface area contributed by atoms with E-state index in [1.54, 1.807) is 0 Å². The van der Waals surface area contributed by atoms with Crippen LogP contribution < -0.4 is 10.6 Å². The maximum absolute atomic E-state index is 14.0. The molecular weight excluding hydrogens is 331 g/mol. The number of anilines is 1. The monoisotopic (exact) mass is 362 g/mol. The Morgan fingerprint density at radius 1 is 1.35 bits per heavy atom. The molecule has 0 bridgehead atoms. The van der Waals surface area contributed by atoms with Gasteiger partial charge in [0.25, 0.3) is 0 Å². The minimum Gasteiger partial charge on any atom is -0.388 e. The molecule has 1 aromatic rings. The number of aryl methyl sites for hydroxylation is 1. The quantitative estimate of drug-likeness (QED) is 0.771. The van der Waals surface area contributed by atoms with Crippen molar-refractivity contribution >= 4 is 11.6 Å². The topological polar surface area (TPSA) is 61.4 Å². The van der Waals surface area contributed by atoms with Gasteiger partial charge < -0.3 is 15.7 Å². The molecule has 1 aromatic carbocycles. The van der Waals surface area contributed by atoms with Crippen molar-refractivity contribution in [3.05, 3.63) is 29.1 Å². The second-order valence-electron chi connectivity index (χ2n) is 9.26. The average molecular weight is 362 g/mol. The third kappa shape index (κ3) is 4.03. The fourth-order valence-electron chi connectivity index (χ4n) is 4.28. The average Bonchev–Trinajstić information content (AvgIpc) is 2.96. The van der Waals surface area contributed by atoms with Crippen molar-refractivity contribution in [3.63, 3.8) is 0 Å². The standard InChI is InChI=1S/C21H31FN2O2/c1-13-9-16(22)15-11-18(24-17(15)10-13)19(25)23-12-21(26)7-5-14(6-8-21)20(2,3)4/h9-10,14,18,24,26H,5-8,11-12H2,1-4H3,(H,23,25). The Morgan fingerprint density at radius 2 is 2.00 bits per heavy atom. The van der Waals surface area contributed by atoms with Crippen LogP contribution in [-0.2, 0) is 11.2 Å². The van der Waals surface area contributed by atoms with E-state index >= 15 is 0 Å². The van der Waals surface area contributed by atoms with Crippen molar-refractivity contribution in [3.8, 4) is 0 Å². The highest BCUT2D eigenvalue weighted by molar-refractivity contribution is 5.87. The van der Waals surface area contributed by atoms with Gasteiger partial charge in [-0.25, -0.2) is 4.39 Å². The van der Waals surface area contributed by atoms with Crippen molar-refractivity contribution in [1.29, 1.82) is 0 Å². The second kappa shape index (κ2) is 6.84. The lowest BCUT2D eigenvalue weighted by molar-refractivity contribution is -0.123. The SMILES string of the molecule is Cc1cc(F)c2c(c1)NC(C(=O)NCC1(O)CCC(C(C)(C)C)CC1)C2. The summed E-state index contributed by atoms with van der Waals surface area (Å²) in [6.45, 7) is 8.83. The highest BCUT2D eigenvalue weighted by Gasteiger charge is 2.38. The van der Waals surface area contributed by atoms with Crippen LogP contribution in [0.15, 0.2) is 12.1 Å². The molecule has 0 aromatic heterocycles. The number of fused-ring (bicyclic) bond motifs is 1. The predicted molar refractivity (Wildman–Crippen MR) is 102 cm³/mol. The summed E-state index contributed by atoms with van der Waals surface area (Å²) in [6, 6.07) is 2.89. The zero-order valence-corrected chi connectivity index (χ0v) is 16.3. The first-order chi connectivity index (χ1) is 12.1. The molecule has 1 atom stereocenters. The van der Waals surface area contributed by atoms with E-state index in [1.807, 2.05) is 13.0 Å². The van der Waals surface area contributed by atoms with E-state index in [2.05, 4.69) is 31.4 Å². The summed E-state index contributed by atoms with van der Waals surface area (Å²) in [4.78, 5) is 12.5. The summed E-state index contributed by atoms with van der Waals surface area (Å²) >= 11 is 0. The van der Waals surface area contributed by atoms with Crippen LogP contribution in [0.4, 0.5) is 10.1 Å². The maximum Gasteiger partial charge on any atom is 0.242 e. The number of amides is 1. The normalized spacial score (nSPS) is 28.4. The first kappa shape index (κ1) is 19.2. The molecule has 2 aliphatic rings. The largest absolute Gasteiger partial charge is 0.388 e. The minimum atomic E-state index is -0.829. The van der Waals surface area contributed by atoms with Crippen molar-refractivity contribution < 1.29 is 14.3 Å². The Morgan fingerprint density at radius 3 is 2.62 bits per heavy atom. The Bertz CT molecular complexity index is 688. The van der Waals surface area contributed by atoms with Gasteiger partial charge in [0.1, 0.15) is 11.9 Å². The lowest BCUT2D eigenvalue weighted by atomic mass is 9.68. The van der Waals surface area contributed by atoms with E-state index in [4.69, 9.17) is 0 Å². The maximum atomic E-state index is 14.0. The highest BCUT2D eigenvalue weighted by Crippen LogP contribution is 2.41. The van der Waals surface area contributed by atoms with Crippen LogP contribution in [0.2, 0.25) is 0 Å². The van der Waals surface area contributed by atoms with Gasteiger partial charge in [0, 0.05) is 24.2 Å². The molecule has 144 valence electrons. The molecule has 1 aliphatic carbocycles. The summed E-state index contributed by atoms with van der Waals surface area (Å²) in [7, 11) is 0. The Labute approximate surface area is 155 Å². The van der Waals surface area contributed by atoms with Crippen LogP contribution in [-0.4, -0.2) is 29.2 Å². The highest BCUT2D eigenvalue weighted by atomic mass is 19.1. The third-order valence-electron chi connectivity index (χ3n) is 6.13. The molecule has 0 spiro atoms. The molecule has 1 aliphatic heterocycles. The number of rotatable bonds is 3. The van der Waals surface area contributed by atoms with Gasteiger partial charge in [-0.2, -0.15) is 0 Å². The van der Waals surface area contributed by atoms with Crippen molar-refractivity contribution in [2.45, 2.75) is 71.4 Å². The molecule has 3 rings (SSSR count). The van der Waals surface area contributed by atoms with Crippen LogP contribution in [0, 0.1) is 24.1 Å². The van der Waals surface area contributed by atoms with Gasteiger partial charge >= 0.3 is 0 Å². The van der Waals surface area contributed by atoms with E-state index in [0.29, 0.717) is 36.4 Å². The van der Waals surface area contributed by atoms with Crippen LogP contribution in [0.5, 0.6) is 0 Å². The zero-order valence-electron chi connectivity index (χ0n) is 16.3. The third-order valence-corrected chi connectivity index (χ3v) is 6.13. The summed E-state index contributed by atoms with van der Waals surface area (Å²) in [5, 5.41) is 16.8. The minimum absolute atomic E-state index is 0.176.